The van der Waals surface area contributed by atoms with Crippen LogP contribution in [0.15, 0.2) is 63.4 Å². The van der Waals surface area contributed by atoms with Gasteiger partial charge in [-0.1, -0.05) is 12.1 Å². The first-order valence-electron chi connectivity index (χ1n) is 7.24. The molecule has 4 aromatic rings. The highest BCUT2D eigenvalue weighted by Crippen LogP contribution is 2.33. The largest absolute Gasteiger partial charge is 0.306 e. The van der Waals surface area contributed by atoms with Crippen LogP contribution in [0.1, 0.15) is 9.67 Å². The van der Waals surface area contributed by atoms with E-state index < -0.39 is 0 Å². The van der Waals surface area contributed by atoms with Gasteiger partial charge < -0.3 is 5.32 Å². The summed E-state index contributed by atoms with van der Waals surface area (Å²) in [7, 11) is 0. The fraction of sp³-hybridized carbons (Fsp3) is 0. The summed E-state index contributed by atoms with van der Waals surface area (Å²) in [6, 6.07) is 13.0. The molecule has 0 bridgehead atoms. The molecule has 9 heteroatoms. The molecule has 0 aliphatic heterocycles. The van der Waals surface area contributed by atoms with Gasteiger partial charge in [-0.25, -0.2) is 9.97 Å². The van der Waals surface area contributed by atoms with Crippen molar-refractivity contribution in [1.29, 1.82) is 0 Å². The summed E-state index contributed by atoms with van der Waals surface area (Å²) >= 11 is 4.42. The molecule has 0 aliphatic rings. The summed E-state index contributed by atoms with van der Waals surface area (Å²) in [5.74, 6) is 1.11. The van der Waals surface area contributed by atoms with Gasteiger partial charge in [0.2, 0.25) is 5.16 Å². The predicted octanol–water partition coefficient (Wildman–Crippen LogP) is 4.39. The number of amides is 1. The van der Waals surface area contributed by atoms with Crippen molar-refractivity contribution in [3.05, 3.63) is 58.9 Å². The summed E-state index contributed by atoms with van der Waals surface area (Å²) in [4.78, 5) is 22.5. The normalized spacial score (nSPS) is 10.7. The molecule has 0 unspecified atom stereocenters. The average molecular weight is 385 g/mol. The number of aromatic nitrogens is 4. The standard InChI is InChI=1S/C16H11N5OS3/c22-15(18-12-5-1-2-8-17-12)11-6-7-13(24-11)25-16-19-14(20-21-16)10-4-3-9-23-10/h1-9H,(H,17,18,22)(H,19,20,21). The molecule has 0 aliphatic carbocycles. The Morgan fingerprint density at radius 1 is 1.16 bits per heavy atom. The summed E-state index contributed by atoms with van der Waals surface area (Å²) in [5.41, 5.74) is 0. The number of anilines is 1. The van der Waals surface area contributed by atoms with E-state index in [0.717, 1.165) is 14.9 Å². The number of aromatic amines is 1. The maximum atomic E-state index is 12.3. The Kier molecular flexibility index (Phi) is 4.59. The Morgan fingerprint density at radius 2 is 2.12 bits per heavy atom. The van der Waals surface area contributed by atoms with Crippen LogP contribution in [0, 0.1) is 0 Å². The highest BCUT2D eigenvalue weighted by molar-refractivity contribution is 8.01. The van der Waals surface area contributed by atoms with Crippen molar-refractivity contribution < 1.29 is 4.79 Å². The van der Waals surface area contributed by atoms with Crippen molar-refractivity contribution in [3.8, 4) is 10.7 Å². The lowest BCUT2D eigenvalue weighted by atomic mass is 10.4. The third kappa shape index (κ3) is 3.78. The second-order valence-electron chi connectivity index (χ2n) is 4.83. The average Bonchev–Trinajstić information content (AvgIpc) is 3.38. The van der Waals surface area contributed by atoms with Crippen LogP contribution in [-0.4, -0.2) is 26.1 Å². The summed E-state index contributed by atoms with van der Waals surface area (Å²) < 4.78 is 0.947. The Morgan fingerprint density at radius 3 is 2.92 bits per heavy atom. The molecule has 4 heterocycles. The number of hydrogen-bond donors (Lipinski definition) is 2. The van der Waals surface area contributed by atoms with E-state index in [0.29, 0.717) is 15.9 Å². The molecular weight excluding hydrogens is 374 g/mol. The summed E-state index contributed by atoms with van der Waals surface area (Å²) in [6.07, 6.45) is 1.64. The van der Waals surface area contributed by atoms with Crippen LogP contribution < -0.4 is 5.32 Å². The van der Waals surface area contributed by atoms with E-state index in [1.54, 1.807) is 35.7 Å². The molecule has 0 fully saturated rings. The third-order valence-electron chi connectivity index (χ3n) is 3.12. The first-order chi connectivity index (χ1) is 12.3. The highest BCUT2D eigenvalue weighted by Gasteiger charge is 2.13. The van der Waals surface area contributed by atoms with E-state index in [1.807, 2.05) is 29.6 Å². The number of pyridine rings is 1. The van der Waals surface area contributed by atoms with Gasteiger partial charge in [0.25, 0.3) is 5.91 Å². The number of rotatable bonds is 5. The van der Waals surface area contributed by atoms with Gasteiger partial charge in [-0.15, -0.1) is 27.8 Å². The van der Waals surface area contributed by atoms with Gasteiger partial charge in [-0.3, -0.25) is 9.89 Å². The van der Waals surface area contributed by atoms with Crippen molar-refractivity contribution in [1.82, 2.24) is 20.2 Å². The molecule has 0 spiro atoms. The Bertz CT molecular complexity index is 978. The van der Waals surface area contributed by atoms with Crippen LogP contribution in [-0.2, 0) is 0 Å². The van der Waals surface area contributed by atoms with Gasteiger partial charge in [0.1, 0.15) is 5.82 Å². The van der Waals surface area contributed by atoms with Crippen LogP contribution >= 0.6 is 34.4 Å². The molecule has 0 atom stereocenters. The Labute approximate surface area is 155 Å². The van der Waals surface area contributed by atoms with Crippen molar-refractivity contribution in [2.24, 2.45) is 0 Å². The molecule has 4 rings (SSSR count). The van der Waals surface area contributed by atoms with E-state index in [2.05, 4.69) is 25.5 Å². The molecule has 124 valence electrons. The van der Waals surface area contributed by atoms with E-state index in [9.17, 15) is 4.79 Å². The molecule has 0 aromatic carbocycles. The molecule has 4 aromatic heterocycles. The third-order valence-corrected chi connectivity index (χ3v) is 6.08. The zero-order valence-corrected chi connectivity index (χ0v) is 15.1. The van der Waals surface area contributed by atoms with Crippen molar-refractivity contribution in [2.45, 2.75) is 9.37 Å². The Hall–Kier alpha value is -2.49. The second kappa shape index (κ2) is 7.18. The van der Waals surface area contributed by atoms with Crippen LogP contribution in [0.4, 0.5) is 5.82 Å². The minimum absolute atomic E-state index is 0.176. The van der Waals surface area contributed by atoms with E-state index in [-0.39, 0.29) is 5.91 Å². The van der Waals surface area contributed by atoms with Gasteiger partial charge in [0, 0.05) is 6.20 Å². The number of carbonyl (C=O) groups excluding carboxylic acids is 1. The number of nitrogens with one attached hydrogen (secondary N) is 2. The number of thiophene rings is 2. The summed E-state index contributed by atoms with van der Waals surface area (Å²) in [5, 5.41) is 12.6. The molecule has 2 N–H and O–H groups in total. The van der Waals surface area contributed by atoms with Crippen molar-refractivity contribution in [3.63, 3.8) is 0 Å². The maximum absolute atomic E-state index is 12.3. The van der Waals surface area contributed by atoms with Gasteiger partial charge in [-0.05, 0) is 47.5 Å². The lowest BCUT2D eigenvalue weighted by Gasteiger charge is -2.00. The maximum Gasteiger partial charge on any atom is 0.266 e. The monoisotopic (exact) mass is 385 g/mol. The van der Waals surface area contributed by atoms with Crippen LogP contribution in [0.3, 0.4) is 0 Å². The number of nitrogens with zero attached hydrogens (tertiary/aromatic N) is 3. The quantitative estimate of drug-likeness (QED) is 0.532. The molecular formula is C16H11N5OS3. The zero-order valence-electron chi connectivity index (χ0n) is 12.7. The SMILES string of the molecule is O=C(Nc1ccccn1)c1ccc(Sc2n[nH]c(-c3cccs3)n2)s1. The van der Waals surface area contributed by atoms with E-state index in [1.165, 1.54) is 23.1 Å². The van der Waals surface area contributed by atoms with Gasteiger partial charge in [0.05, 0.1) is 14.0 Å². The molecule has 0 saturated heterocycles. The molecule has 0 saturated carbocycles. The molecule has 1 amide bonds. The van der Waals surface area contributed by atoms with E-state index in [4.69, 9.17) is 0 Å². The fourth-order valence-electron chi connectivity index (χ4n) is 2.02. The lowest BCUT2D eigenvalue weighted by Crippen LogP contribution is -2.10. The van der Waals surface area contributed by atoms with Crippen LogP contribution in [0.2, 0.25) is 0 Å². The smallest absolute Gasteiger partial charge is 0.266 e. The van der Waals surface area contributed by atoms with E-state index >= 15 is 0 Å². The van der Waals surface area contributed by atoms with Gasteiger partial charge in [0.15, 0.2) is 5.82 Å². The lowest BCUT2D eigenvalue weighted by molar-refractivity contribution is 0.103. The molecule has 25 heavy (non-hydrogen) atoms. The number of carbonyl (C=O) groups is 1. The molecule has 6 nitrogen and oxygen atoms in total. The van der Waals surface area contributed by atoms with Crippen molar-refractivity contribution in [2.75, 3.05) is 5.32 Å². The van der Waals surface area contributed by atoms with Gasteiger partial charge in [-0.2, -0.15) is 0 Å². The first-order valence-corrected chi connectivity index (χ1v) is 9.75. The van der Waals surface area contributed by atoms with Crippen molar-refractivity contribution >= 4 is 46.2 Å². The summed E-state index contributed by atoms with van der Waals surface area (Å²) in [6.45, 7) is 0. The van der Waals surface area contributed by atoms with Crippen LogP contribution in [0.25, 0.3) is 10.7 Å². The number of hydrogen-bond acceptors (Lipinski definition) is 7. The number of H-pyrrole nitrogens is 1. The topological polar surface area (TPSA) is 83.6 Å². The minimum atomic E-state index is -0.176. The first kappa shape index (κ1) is 16.0. The fourth-order valence-corrected chi connectivity index (χ4v) is 4.52. The predicted molar refractivity (Wildman–Crippen MR) is 100 cm³/mol. The molecule has 0 radical (unpaired) electrons. The van der Waals surface area contributed by atoms with Crippen LogP contribution in [0.5, 0.6) is 0 Å². The highest BCUT2D eigenvalue weighted by atomic mass is 32.2. The second-order valence-corrected chi connectivity index (χ2v) is 8.13. The minimum Gasteiger partial charge on any atom is -0.306 e. The zero-order chi connectivity index (χ0) is 17.1. The van der Waals surface area contributed by atoms with Gasteiger partial charge >= 0.3 is 0 Å². The Balaban J connectivity index is 1.44.